The Kier molecular flexibility index (Phi) is 4.46. The van der Waals surface area contributed by atoms with Gasteiger partial charge in [0.25, 0.3) is 0 Å². The number of halogens is 2. The summed E-state index contributed by atoms with van der Waals surface area (Å²) in [6.45, 7) is 4.62. The van der Waals surface area contributed by atoms with Crippen molar-refractivity contribution in [3.05, 3.63) is 41.6 Å². The Morgan fingerprint density at radius 1 is 1.04 bits per heavy atom. The molecule has 2 aliphatic heterocycles. The van der Waals surface area contributed by atoms with Crippen LogP contribution in [0.2, 0.25) is 0 Å². The van der Waals surface area contributed by atoms with E-state index >= 15 is 0 Å². The normalized spacial score (nSPS) is 19.1. The van der Waals surface area contributed by atoms with E-state index in [1.807, 2.05) is 6.92 Å². The summed E-state index contributed by atoms with van der Waals surface area (Å²) in [4.78, 5) is 11.1. The van der Waals surface area contributed by atoms with E-state index in [4.69, 9.17) is 9.47 Å². The number of piperidine rings is 1. The van der Waals surface area contributed by atoms with E-state index in [1.54, 1.807) is 6.07 Å². The first-order chi connectivity index (χ1) is 12.5. The van der Waals surface area contributed by atoms with Crippen LogP contribution >= 0.6 is 0 Å². The van der Waals surface area contributed by atoms with Gasteiger partial charge < -0.3 is 19.7 Å². The van der Waals surface area contributed by atoms with Gasteiger partial charge in [0, 0.05) is 49.4 Å². The molecule has 2 saturated heterocycles. The Morgan fingerprint density at radius 2 is 1.77 bits per heavy atom. The zero-order chi connectivity index (χ0) is 18.1. The summed E-state index contributed by atoms with van der Waals surface area (Å²) in [7, 11) is 0. The van der Waals surface area contributed by atoms with Gasteiger partial charge in [-0.15, -0.1) is 0 Å². The molecule has 1 N–H and O–H groups in total. The Labute approximate surface area is 150 Å². The van der Waals surface area contributed by atoms with Crippen molar-refractivity contribution in [2.75, 3.05) is 36.5 Å². The molecule has 1 spiro atoms. The number of aryl methyl sites for hydroxylation is 1. The van der Waals surface area contributed by atoms with Crippen LogP contribution in [0.3, 0.4) is 0 Å². The molecule has 26 heavy (non-hydrogen) atoms. The average Bonchev–Trinajstić information content (AvgIpc) is 3.06. The van der Waals surface area contributed by atoms with E-state index in [9.17, 15) is 8.78 Å². The minimum absolute atomic E-state index is 0.429. The predicted octanol–water partition coefficient (Wildman–Crippen LogP) is 3.15. The largest absolute Gasteiger partial charge is 0.347 e. The molecule has 3 heterocycles. The van der Waals surface area contributed by atoms with Crippen LogP contribution in [-0.2, 0) is 9.47 Å². The van der Waals surface area contributed by atoms with Crippen LogP contribution in [-0.4, -0.2) is 42.1 Å². The predicted molar refractivity (Wildman–Crippen MR) is 92.5 cm³/mol. The van der Waals surface area contributed by atoms with Gasteiger partial charge >= 0.3 is 0 Å². The van der Waals surface area contributed by atoms with Gasteiger partial charge in [-0.25, -0.2) is 13.8 Å². The third kappa shape index (κ3) is 3.47. The summed E-state index contributed by atoms with van der Waals surface area (Å²) in [5.74, 6) is -1.10. The fraction of sp³-hybridized carbons (Fsp3) is 0.444. The third-order valence-corrected chi connectivity index (χ3v) is 4.66. The Hall–Kier alpha value is -2.32. The van der Waals surface area contributed by atoms with Crippen molar-refractivity contribution in [1.29, 1.82) is 0 Å². The maximum Gasteiger partial charge on any atom is 0.227 e. The second-order valence-corrected chi connectivity index (χ2v) is 6.54. The van der Waals surface area contributed by atoms with Crippen molar-refractivity contribution >= 4 is 17.5 Å². The number of nitrogens with zero attached hydrogens (tertiary/aromatic N) is 3. The summed E-state index contributed by atoms with van der Waals surface area (Å²) in [6, 6.07) is 5.42. The lowest BCUT2D eigenvalue weighted by Gasteiger charge is -2.37. The first kappa shape index (κ1) is 17.1. The molecule has 2 aliphatic rings. The van der Waals surface area contributed by atoms with E-state index in [0.29, 0.717) is 30.7 Å². The minimum Gasteiger partial charge on any atom is -0.347 e. The molecule has 1 aromatic carbocycles. The number of anilines is 3. The fourth-order valence-electron chi connectivity index (χ4n) is 3.31. The van der Waals surface area contributed by atoms with Crippen LogP contribution < -0.4 is 10.2 Å². The first-order valence-electron chi connectivity index (χ1n) is 8.64. The topological polar surface area (TPSA) is 59.5 Å². The molecule has 8 heteroatoms. The second kappa shape index (κ2) is 6.77. The van der Waals surface area contributed by atoms with Crippen molar-refractivity contribution in [2.24, 2.45) is 0 Å². The third-order valence-electron chi connectivity index (χ3n) is 4.66. The standard InChI is InChI=1S/C18H20F2N4O2/c1-12-10-16(22-13-2-3-14(19)15(20)11-13)23-17(21-12)24-6-4-18(5-7-24)25-8-9-26-18/h2-3,10-11H,4-9H2,1H3,(H,21,22,23). The molecule has 0 aliphatic carbocycles. The van der Waals surface area contributed by atoms with Crippen molar-refractivity contribution in [3.63, 3.8) is 0 Å². The molecule has 138 valence electrons. The number of rotatable bonds is 3. The smallest absolute Gasteiger partial charge is 0.227 e. The monoisotopic (exact) mass is 362 g/mol. The van der Waals surface area contributed by atoms with Crippen LogP contribution in [0.1, 0.15) is 18.5 Å². The highest BCUT2D eigenvalue weighted by Crippen LogP contribution is 2.32. The molecule has 0 amide bonds. The van der Waals surface area contributed by atoms with Crippen molar-refractivity contribution < 1.29 is 18.3 Å². The highest BCUT2D eigenvalue weighted by Gasteiger charge is 2.40. The molecular weight excluding hydrogens is 342 g/mol. The highest BCUT2D eigenvalue weighted by atomic mass is 19.2. The summed E-state index contributed by atoms with van der Waals surface area (Å²) < 4.78 is 38.0. The van der Waals surface area contributed by atoms with Crippen LogP contribution in [0.25, 0.3) is 0 Å². The van der Waals surface area contributed by atoms with E-state index in [-0.39, 0.29) is 0 Å². The quantitative estimate of drug-likeness (QED) is 0.905. The minimum atomic E-state index is -0.904. The lowest BCUT2D eigenvalue weighted by atomic mass is 10.0. The Balaban J connectivity index is 1.50. The van der Waals surface area contributed by atoms with Crippen LogP contribution in [0, 0.1) is 18.6 Å². The number of hydrogen-bond donors (Lipinski definition) is 1. The maximum absolute atomic E-state index is 13.4. The molecule has 1 aromatic heterocycles. The summed E-state index contributed by atoms with van der Waals surface area (Å²) >= 11 is 0. The molecule has 2 fully saturated rings. The van der Waals surface area contributed by atoms with E-state index < -0.39 is 17.4 Å². The van der Waals surface area contributed by atoms with Gasteiger partial charge in [0.15, 0.2) is 17.4 Å². The molecular formula is C18H20F2N4O2. The molecule has 0 saturated carbocycles. The van der Waals surface area contributed by atoms with Gasteiger partial charge in [-0.2, -0.15) is 4.98 Å². The number of aromatic nitrogens is 2. The SMILES string of the molecule is Cc1cc(Nc2ccc(F)c(F)c2)nc(N2CCC3(CC2)OCCO3)n1. The number of benzene rings is 1. The van der Waals surface area contributed by atoms with Gasteiger partial charge in [0.05, 0.1) is 13.2 Å². The van der Waals surface area contributed by atoms with Gasteiger partial charge in [0.1, 0.15) is 5.82 Å². The summed E-state index contributed by atoms with van der Waals surface area (Å²) in [5.41, 5.74) is 1.21. The maximum atomic E-state index is 13.4. The van der Waals surface area contributed by atoms with E-state index in [2.05, 4.69) is 20.2 Å². The average molecular weight is 362 g/mol. The zero-order valence-electron chi connectivity index (χ0n) is 14.5. The van der Waals surface area contributed by atoms with Gasteiger partial charge in [-0.3, -0.25) is 0 Å². The molecule has 2 aromatic rings. The van der Waals surface area contributed by atoms with Crippen LogP contribution in [0.15, 0.2) is 24.3 Å². The molecule has 4 rings (SSSR count). The summed E-state index contributed by atoms with van der Waals surface area (Å²) in [6.07, 6.45) is 1.52. The number of nitrogens with one attached hydrogen (secondary N) is 1. The Morgan fingerprint density at radius 3 is 2.46 bits per heavy atom. The molecule has 0 atom stereocenters. The molecule has 6 nitrogen and oxygen atoms in total. The van der Waals surface area contributed by atoms with Gasteiger partial charge in [0.2, 0.25) is 5.95 Å². The van der Waals surface area contributed by atoms with Crippen LogP contribution in [0.4, 0.5) is 26.2 Å². The fourth-order valence-corrected chi connectivity index (χ4v) is 3.31. The lowest BCUT2D eigenvalue weighted by molar-refractivity contribution is -0.169. The van der Waals surface area contributed by atoms with Gasteiger partial charge in [-0.1, -0.05) is 0 Å². The lowest BCUT2D eigenvalue weighted by Crippen LogP contribution is -2.45. The van der Waals surface area contributed by atoms with E-state index in [1.165, 1.54) is 6.07 Å². The second-order valence-electron chi connectivity index (χ2n) is 6.54. The number of hydrogen-bond acceptors (Lipinski definition) is 6. The molecule has 0 radical (unpaired) electrons. The molecule has 0 bridgehead atoms. The highest BCUT2D eigenvalue weighted by molar-refractivity contribution is 5.58. The Bertz CT molecular complexity index is 802. The van der Waals surface area contributed by atoms with Crippen molar-refractivity contribution in [1.82, 2.24) is 9.97 Å². The molecule has 0 unspecified atom stereocenters. The van der Waals surface area contributed by atoms with E-state index in [0.717, 1.165) is 43.8 Å². The number of ether oxygens (including phenoxy) is 2. The summed E-state index contributed by atoms with van der Waals surface area (Å²) in [5, 5.41) is 3.01. The van der Waals surface area contributed by atoms with Crippen LogP contribution in [0.5, 0.6) is 0 Å². The van der Waals surface area contributed by atoms with Crippen molar-refractivity contribution in [3.8, 4) is 0 Å². The van der Waals surface area contributed by atoms with Gasteiger partial charge in [-0.05, 0) is 19.1 Å². The zero-order valence-corrected chi connectivity index (χ0v) is 14.5. The first-order valence-corrected chi connectivity index (χ1v) is 8.64. The van der Waals surface area contributed by atoms with Crippen molar-refractivity contribution in [2.45, 2.75) is 25.6 Å².